The van der Waals surface area contributed by atoms with Gasteiger partial charge in [0.2, 0.25) is 0 Å². The summed E-state index contributed by atoms with van der Waals surface area (Å²) in [5, 5.41) is 4.79. The second-order valence-corrected chi connectivity index (χ2v) is 6.06. The van der Waals surface area contributed by atoms with Gasteiger partial charge >= 0.3 is 0 Å². The Morgan fingerprint density at radius 3 is 2.80 bits per heavy atom. The van der Waals surface area contributed by atoms with E-state index in [1.165, 1.54) is 32.2 Å². The zero-order valence-corrected chi connectivity index (χ0v) is 12.0. The number of aryl methyl sites for hydroxylation is 1. The standard InChI is InChI=1S/C17H14N2S/c1-19-15-7-3-2-6-14(15)17-12(10-18-11-16(17)19)9-13-5-4-8-20-13/h2-8,10-11H,9H2,1H3. The molecule has 4 rings (SSSR count). The largest absolute Gasteiger partial charge is 0.342 e. The Morgan fingerprint density at radius 2 is 1.95 bits per heavy atom. The van der Waals surface area contributed by atoms with Gasteiger partial charge in [0.25, 0.3) is 0 Å². The van der Waals surface area contributed by atoms with Crippen molar-refractivity contribution in [1.82, 2.24) is 9.55 Å². The summed E-state index contributed by atoms with van der Waals surface area (Å²) in [7, 11) is 2.11. The van der Waals surface area contributed by atoms with Crippen molar-refractivity contribution in [3.63, 3.8) is 0 Å². The smallest absolute Gasteiger partial charge is 0.0678 e. The van der Waals surface area contributed by atoms with Gasteiger partial charge in [0.05, 0.1) is 11.7 Å². The highest BCUT2D eigenvalue weighted by Crippen LogP contribution is 2.31. The molecular weight excluding hydrogens is 264 g/mol. The molecule has 2 nitrogen and oxygen atoms in total. The van der Waals surface area contributed by atoms with E-state index in [1.54, 1.807) is 11.3 Å². The SMILES string of the molecule is Cn1c2ccccc2c2c(Cc3cccs3)cncc21. The van der Waals surface area contributed by atoms with E-state index in [9.17, 15) is 0 Å². The van der Waals surface area contributed by atoms with Crippen LogP contribution in [0.15, 0.2) is 54.2 Å². The molecule has 20 heavy (non-hydrogen) atoms. The maximum atomic E-state index is 4.43. The Balaban J connectivity index is 2.04. The minimum Gasteiger partial charge on any atom is -0.342 e. The van der Waals surface area contributed by atoms with Gasteiger partial charge in [-0.15, -0.1) is 11.3 Å². The second-order valence-electron chi connectivity index (χ2n) is 5.03. The summed E-state index contributed by atoms with van der Waals surface area (Å²) >= 11 is 1.80. The normalized spacial score (nSPS) is 11.4. The number of rotatable bonds is 2. The average molecular weight is 278 g/mol. The minimum absolute atomic E-state index is 0.954. The summed E-state index contributed by atoms with van der Waals surface area (Å²) in [6.07, 6.45) is 4.93. The molecule has 0 spiro atoms. The van der Waals surface area contributed by atoms with Crippen LogP contribution in [-0.2, 0) is 13.5 Å². The van der Waals surface area contributed by atoms with Crippen molar-refractivity contribution in [2.24, 2.45) is 7.05 Å². The number of benzene rings is 1. The molecule has 0 saturated carbocycles. The summed E-state index contributed by atoms with van der Waals surface area (Å²) in [4.78, 5) is 5.81. The first-order chi connectivity index (χ1) is 9.84. The summed E-state index contributed by atoms with van der Waals surface area (Å²) < 4.78 is 2.23. The quantitative estimate of drug-likeness (QED) is 0.532. The minimum atomic E-state index is 0.954. The highest BCUT2D eigenvalue weighted by atomic mass is 32.1. The van der Waals surface area contributed by atoms with Gasteiger partial charge in [0.1, 0.15) is 0 Å². The van der Waals surface area contributed by atoms with Gasteiger partial charge in [0.15, 0.2) is 0 Å². The number of pyridine rings is 1. The van der Waals surface area contributed by atoms with Crippen molar-refractivity contribution in [3.05, 3.63) is 64.6 Å². The maximum Gasteiger partial charge on any atom is 0.0678 e. The van der Waals surface area contributed by atoms with Gasteiger partial charge in [-0.1, -0.05) is 24.3 Å². The lowest BCUT2D eigenvalue weighted by Crippen LogP contribution is -1.90. The number of nitrogens with zero attached hydrogens (tertiary/aromatic N) is 2. The van der Waals surface area contributed by atoms with Crippen LogP contribution in [0.5, 0.6) is 0 Å². The van der Waals surface area contributed by atoms with E-state index < -0.39 is 0 Å². The number of para-hydroxylation sites is 1. The van der Waals surface area contributed by atoms with Gasteiger partial charge in [-0.25, -0.2) is 0 Å². The Labute approximate surface area is 121 Å². The first-order valence-electron chi connectivity index (χ1n) is 6.67. The molecule has 3 aromatic heterocycles. The van der Waals surface area contributed by atoms with Gasteiger partial charge < -0.3 is 4.57 Å². The molecule has 0 radical (unpaired) electrons. The van der Waals surface area contributed by atoms with E-state index in [4.69, 9.17) is 0 Å². The molecule has 0 aliphatic heterocycles. The van der Waals surface area contributed by atoms with E-state index in [2.05, 4.69) is 58.4 Å². The van der Waals surface area contributed by atoms with Crippen molar-refractivity contribution in [2.45, 2.75) is 6.42 Å². The average Bonchev–Trinajstić information content (AvgIpc) is 3.08. The Morgan fingerprint density at radius 1 is 1.05 bits per heavy atom. The van der Waals surface area contributed by atoms with E-state index in [1.807, 2.05) is 12.4 Å². The zero-order chi connectivity index (χ0) is 13.5. The summed E-state index contributed by atoms with van der Waals surface area (Å²) in [6, 6.07) is 12.9. The molecule has 3 heteroatoms. The summed E-state index contributed by atoms with van der Waals surface area (Å²) in [6.45, 7) is 0. The van der Waals surface area contributed by atoms with Crippen molar-refractivity contribution in [3.8, 4) is 0 Å². The fourth-order valence-corrected chi connectivity index (χ4v) is 3.63. The Hall–Kier alpha value is -2.13. The second kappa shape index (κ2) is 4.46. The first-order valence-corrected chi connectivity index (χ1v) is 7.55. The fraction of sp³-hybridized carbons (Fsp3) is 0.118. The third-order valence-corrected chi connectivity index (χ3v) is 4.72. The van der Waals surface area contributed by atoms with Crippen LogP contribution in [-0.4, -0.2) is 9.55 Å². The van der Waals surface area contributed by atoms with Crippen LogP contribution < -0.4 is 0 Å². The summed E-state index contributed by atoms with van der Waals surface area (Å²) in [5.74, 6) is 0. The molecule has 1 aromatic carbocycles. The molecule has 0 N–H and O–H groups in total. The molecular formula is C17H14N2S. The molecule has 98 valence electrons. The van der Waals surface area contributed by atoms with Crippen LogP contribution in [0.3, 0.4) is 0 Å². The lowest BCUT2D eigenvalue weighted by molar-refractivity contribution is 1.01. The molecule has 4 aromatic rings. The number of fused-ring (bicyclic) bond motifs is 3. The topological polar surface area (TPSA) is 17.8 Å². The fourth-order valence-electron chi connectivity index (χ4n) is 2.90. The van der Waals surface area contributed by atoms with Crippen LogP contribution >= 0.6 is 11.3 Å². The van der Waals surface area contributed by atoms with Crippen molar-refractivity contribution in [2.75, 3.05) is 0 Å². The number of hydrogen-bond acceptors (Lipinski definition) is 2. The number of hydrogen-bond donors (Lipinski definition) is 0. The molecule has 0 saturated heterocycles. The van der Waals surface area contributed by atoms with Crippen LogP contribution in [0.25, 0.3) is 21.8 Å². The predicted molar refractivity (Wildman–Crippen MR) is 85.3 cm³/mol. The monoisotopic (exact) mass is 278 g/mol. The molecule has 0 amide bonds. The number of aromatic nitrogens is 2. The molecule has 0 aliphatic rings. The van der Waals surface area contributed by atoms with Gasteiger partial charge in [0, 0.05) is 40.8 Å². The van der Waals surface area contributed by atoms with E-state index >= 15 is 0 Å². The molecule has 0 unspecified atom stereocenters. The first kappa shape index (κ1) is 11.7. The van der Waals surface area contributed by atoms with Crippen LogP contribution in [0.4, 0.5) is 0 Å². The van der Waals surface area contributed by atoms with Crippen LogP contribution in [0, 0.1) is 0 Å². The molecule has 0 bridgehead atoms. The lowest BCUT2D eigenvalue weighted by Gasteiger charge is -2.02. The molecule has 3 heterocycles. The Kier molecular flexibility index (Phi) is 2.60. The van der Waals surface area contributed by atoms with Gasteiger partial charge in [-0.2, -0.15) is 0 Å². The third-order valence-electron chi connectivity index (χ3n) is 3.85. The highest BCUT2D eigenvalue weighted by Gasteiger charge is 2.12. The van der Waals surface area contributed by atoms with E-state index in [0.717, 1.165) is 6.42 Å². The Bertz CT molecular complexity index is 888. The van der Waals surface area contributed by atoms with Gasteiger partial charge in [-0.05, 0) is 23.1 Å². The predicted octanol–water partition coefficient (Wildman–Crippen LogP) is 4.38. The van der Waals surface area contributed by atoms with Crippen LogP contribution in [0.1, 0.15) is 10.4 Å². The lowest BCUT2D eigenvalue weighted by atomic mass is 10.1. The number of thiophene rings is 1. The molecule has 0 fully saturated rings. The van der Waals surface area contributed by atoms with Crippen molar-refractivity contribution >= 4 is 33.1 Å². The summed E-state index contributed by atoms with van der Waals surface area (Å²) in [5.41, 5.74) is 3.78. The van der Waals surface area contributed by atoms with Gasteiger partial charge in [-0.3, -0.25) is 4.98 Å². The zero-order valence-electron chi connectivity index (χ0n) is 11.2. The van der Waals surface area contributed by atoms with Crippen molar-refractivity contribution in [1.29, 1.82) is 0 Å². The third kappa shape index (κ3) is 1.67. The molecule has 0 atom stereocenters. The van der Waals surface area contributed by atoms with Crippen molar-refractivity contribution < 1.29 is 0 Å². The van der Waals surface area contributed by atoms with E-state index in [-0.39, 0.29) is 0 Å². The van der Waals surface area contributed by atoms with E-state index in [0.29, 0.717) is 0 Å². The maximum absolute atomic E-state index is 4.43. The van der Waals surface area contributed by atoms with Crippen LogP contribution in [0.2, 0.25) is 0 Å². The highest BCUT2D eigenvalue weighted by molar-refractivity contribution is 7.09. The molecule has 0 aliphatic carbocycles.